The van der Waals surface area contributed by atoms with E-state index in [0.717, 1.165) is 12.1 Å². The van der Waals surface area contributed by atoms with Crippen LogP contribution in [0.15, 0.2) is 54.9 Å². The zero-order chi connectivity index (χ0) is 12.8. The third-order valence-electron chi connectivity index (χ3n) is 2.76. The summed E-state index contributed by atoms with van der Waals surface area (Å²) in [5.41, 5.74) is 1.91. The number of carbonyl (C=O) groups is 1. The van der Waals surface area contributed by atoms with E-state index in [2.05, 4.69) is 10.3 Å². The van der Waals surface area contributed by atoms with Crippen molar-refractivity contribution in [3.63, 3.8) is 0 Å². The molecule has 1 N–H and O–H groups in total. The molecule has 0 spiro atoms. The molecule has 18 heavy (non-hydrogen) atoms. The first kappa shape index (κ1) is 12.3. The molecule has 2 rings (SSSR count). The maximum Gasteiger partial charge on any atom is 0.227 e. The average molecular weight is 240 g/mol. The SMILES string of the molecule is CC(Cc1ccccc1)C(=O)Nc1cccnc1. The molecule has 3 nitrogen and oxygen atoms in total. The van der Waals surface area contributed by atoms with Gasteiger partial charge in [0.2, 0.25) is 5.91 Å². The van der Waals surface area contributed by atoms with Gasteiger partial charge in [0.15, 0.2) is 0 Å². The van der Waals surface area contributed by atoms with Crippen LogP contribution in [0.4, 0.5) is 5.69 Å². The minimum atomic E-state index is -0.0624. The molecule has 2 aromatic rings. The molecule has 1 atom stereocenters. The Morgan fingerprint density at radius 1 is 1.22 bits per heavy atom. The molecule has 0 bridgehead atoms. The molecule has 3 heteroatoms. The highest BCUT2D eigenvalue weighted by Crippen LogP contribution is 2.11. The summed E-state index contributed by atoms with van der Waals surface area (Å²) in [6, 6.07) is 13.7. The lowest BCUT2D eigenvalue weighted by molar-refractivity contribution is -0.119. The van der Waals surface area contributed by atoms with Crippen LogP contribution in [0.25, 0.3) is 0 Å². The molecule has 1 unspecified atom stereocenters. The predicted molar refractivity (Wildman–Crippen MR) is 72.2 cm³/mol. The number of rotatable bonds is 4. The van der Waals surface area contributed by atoms with E-state index in [1.807, 2.05) is 43.3 Å². The maximum atomic E-state index is 12.0. The normalized spacial score (nSPS) is 11.8. The zero-order valence-electron chi connectivity index (χ0n) is 10.3. The Morgan fingerprint density at radius 2 is 2.00 bits per heavy atom. The van der Waals surface area contributed by atoms with Crippen LogP contribution >= 0.6 is 0 Å². The maximum absolute atomic E-state index is 12.0. The van der Waals surface area contributed by atoms with E-state index in [9.17, 15) is 4.79 Å². The fourth-order valence-electron chi connectivity index (χ4n) is 1.76. The van der Waals surface area contributed by atoms with E-state index in [1.54, 1.807) is 18.5 Å². The number of nitrogens with one attached hydrogen (secondary N) is 1. The van der Waals surface area contributed by atoms with Crippen LogP contribution in [0, 0.1) is 5.92 Å². The van der Waals surface area contributed by atoms with E-state index in [-0.39, 0.29) is 11.8 Å². The molecule has 1 amide bonds. The lowest BCUT2D eigenvalue weighted by Crippen LogP contribution is -2.22. The quantitative estimate of drug-likeness (QED) is 0.892. The van der Waals surface area contributed by atoms with Gasteiger partial charge in [0.1, 0.15) is 0 Å². The van der Waals surface area contributed by atoms with Crippen LogP contribution in [0.5, 0.6) is 0 Å². The van der Waals surface area contributed by atoms with Crippen molar-refractivity contribution in [3.05, 3.63) is 60.4 Å². The summed E-state index contributed by atoms with van der Waals surface area (Å²) in [5, 5.41) is 2.86. The second-order valence-corrected chi connectivity index (χ2v) is 4.32. The molecule has 0 saturated carbocycles. The third-order valence-corrected chi connectivity index (χ3v) is 2.76. The summed E-state index contributed by atoms with van der Waals surface area (Å²) in [6.07, 6.45) is 4.07. The van der Waals surface area contributed by atoms with Crippen molar-refractivity contribution >= 4 is 11.6 Å². The van der Waals surface area contributed by atoms with Gasteiger partial charge in [-0.15, -0.1) is 0 Å². The highest BCUT2D eigenvalue weighted by atomic mass is 16.1. The number of amides is 1. The van der Waals surface area contributed by atoms with Gasteiger partial charge in [0, 0.05) is 12.1 Å². The topological polar surface area (TPSA) is 42.0 Å². The number of anilines is 1. The van der Waals surface area contributed by atoms with Gasteiger partial charge >= 0.3 is 0 Å². The number of carbonyl (C=O) groups excluding carboxylic acids is 1. The summed E-state index contributed by atoms with van der Waals surface area (Å²) in [5.74, 6) is -0.0422. The van der Waals surface area contributed by atoms with Crippen molar-refractivity contribution < 1.29 is 4.79 Å². The molecular formula is C15H16N2O. The van der Waals surface area contributed by atoms with Crippen molar-refractivity contribution in [1.29, 1.82) is 0 Å². The van der Waals surface area contributed by atoms with Crippen LogP contribution in [0.2, 0.25) is 0 Å². The lowest BCUT2D eigenvalue weighted by Gasteiger charge is -2.11. The standard InChI is InChI=1S/C15H16N2O/c1-12(10-13-6-3-2-4-7-13)15(18)17-14-8-5-9-16-11-14/h2-9,11-12H,10H2,1H3,(H,17,18). The van der Waals surface area contributed by atoms with Crippen LogP contribution in [0.1, 0.15) is 12.5 Å². The molecule has 1 aromatic carbocycles. The predicted octanol–water partition coefficient (Wildman–Crippen LogP) is 2.90. The van der Waals surface area contributed by atoms with E-state index in [4.69, 9.17) is 0 Å². The molecule has 0 radical (unpaired) electrons. The molecule has 1 heterocycles. The Kier molecular flexibility index (Phi) is 4.07. The van der Waals surface area contributed by atoms with Gasteiger partial charge in [0.25, 0.3) is 0 Å². The molecule has 1 aromatic heterocycles. The summed E-state index contributed by atoms with van der Waals surface area (Å²) >= 11 is 0. The minimum Gasteiger partial charge on any atom is -0.324 e. The molecule has 92 valence electrons. The second kappa shape index (κ2) is 5.96. The van der Waals surface area contributed by atoms with E-state index >= 15 is 0 Å². The third kappa shape index (κ3) is 3.42. The van der Waals surface area contributed by atoms with Crippen LogP contribution < -0.4 is 5.32 Å². The van der Waals surface area contributed by atoms with Gasteiger partial charge in [-0.25, -0.2) is 0 Å². The minimum absolute atomic E-state index is 0.0202. The molecule has 0 fully saturated rings. The molecule has 0 aliphatic rings. The van der Waals surface area contributed by atoms with Gasteiger partial charge < -0.3 is 5.32 Å². The first-order valence-electron chi connectivity index (χ1n) is 6.00. The zero-order valence-corrected chi connectivity index (χ0v) is 10.3. The number of hydrogen-bond acceptors (Lipinski definition) is 2. The van der Waals surface area contributed by atoms with Gasteiger partial charge in [-0.1, -0.05) is 37.3 Å². The van der Waals surface area contributed by atoms with Crippen LogP contribution in [-0.4, -0.2) is 10.9 Å². The summed E-state index contributed by atoms with van der Waals surface area (Å²) in [7, 11) is 0. The van der Waals surface area contributed by atoms with Crippen molar-refractivity contribution in [3.8, 4) is 0 Å². The van der Waals surface area contributed by atoms with Gasteiger partial charge in [-0.2, -0.15) is 0 Å². The highest BCUT2D eigenvalue weighted by Gasteiger charge is 2.13. The highest BCUT2D eigenvalue weighted by molar-refractivity contribution is 5.92. The molecule has 0 saturated heterocycles. The molecular weight excluding hydrogens is 224 g/mol. The number of pyridine rings is 1. The van der Waals surface area contributed by atoms with Crippen molar-refractivity contribution in [2.24, 2.45) is 5.92 Å². The van der Waals surface area contributed by atoms with E-state index < -0.39 is 0 Å². The summed E-state index contributed by atoms with van der Waals surface area (Å²) in [4.78, 5) is 15.9. The van der Waals surface area contributed by atoms with Crippen molar-refractivity contribution in [2.45, 2.75) is 13.3 Å². The second-order valence-electron chi connectivity index (χ2n) is 4.32. The average Bonchev–Trinajstić information content (AvgIpc) is 2.41. The van der Waals surface area contributed by atoms with E-state index in [1.165, 1.54) is 5.56 Å². The Labute approximate surface area is 107 Å². The smallest absolute Gasteiger partial charge is 0.227 e. The van der Waals surface area contributed by atoms with Crippen LogP contribution in [-0.2, 0) is 11.2 Å². The Hall–Kier alpha value is -2.16. The lowest BCUT2D eigenvalue weighted by atomic mass is 10.0. The number of hydrogen-bond donors (Lipinski definition) is 1. The van der Waals surface area contributed by atoms with E-state index in [0.29, 0.717) is 0 Å². The van der Waals surface area contributed by atoms with Crippen LogP contribution in [0.3, 0.4) is 0 Å². The first-order valence-corrected chi connectivity index (χ1v) is 6.00. The molecule has 0 aliphatic carbocycles. The number of benzene rings is 1. The van der Waals surface area contributed by atoms with Gasteiger partial charge in [0.05, 0.1) is 11.9 Å². The molecule has 0 aliphatic heterocycles. The largest absolute Gasteiger partial charge is 0.324 e. The fraction of sp³-hybridized carbons (Fsp3) is 0.200. The van der Waals surface area contributed by atoms with Gasteiger partial charge in [-0.05, 0) is 24.1 Å². The summed E-state index contributed by atoms with van der Waals surface area (Å²) in [6.45, 7) is 1.93. The van der Waals surface area contributed by atoms with Crippen molar-refractivity contribution in [1.82, 2.24) is 4.98 Å². The summed E-state index contributed by atoms with van der Waals surface area (Å²) < 4.78 is 0. The Morgan fingerprint density at radius 3 is 2.67 bits per heavy atom. The number of nitrogens with zero attached hydrogens (tertiary/aromatic N) is 1. The number of aromatic nitrogens is 1. The Balaban J connectivity index is 1.93. The van der Waals surface area contributed by atoms with Crippen molar-refractivity contribution in [2.75, 3.05) is 5.32 Å². The fourth-order valence-corrected chi connectivity index (χ4v) is 1.76. The first-order chi connectivity index (χ1) is 8.75. The van der Waals surface area contributed by atoms with Gasteiger partial charge in [-0.3, -0.25) is 9.78 Å². The Bertz CT molecular complexity index is 496. The monoisotopic (exact) mass is 240 g/mol.